The average Bonchev–Trinajstić information content (AvgIpc) is 3.11. The molecule has 3 aromatic rings. The third-order valence-electron chi connectivity index (χ3n) is 5.59. The number of nitrogens with zero attached hydrogens (tertiary/aromatic N) is 1. The standard InChI is InChI=1S/C25H23F3N2O3/c26-25(27,28)33-22-13-7-6-12-21(22)29-23(31)15-19(14-17-8-2-1-3-9-17)30-16-18-10-4-5-11-20(18)24(30)32/h1-13,19,24,32H,14-16H2,(H,29,31)/t19-,24?/m1/s1. The lowest BCUT2D eigenvalue weighted by Crippen LogP contribution is -2.38. The molecule has 1 aliphatic rings. The molecule has 172 valence electrons. The molecule has 0 aromatic heterocycles. The molecule has 5 nitrogen and oxygen atoms in total. The lowest BCUT2D eigenvalue weighted by atomic mass is 10.0. The van der Waals surface area contributed by atoms with E-state index in [1.54, 1.807) is 0 Å². The maximum absolute atomic E-state index is 12.9. The minimum Gasteiger partial charge on any atom is -0.404 e. The lowest BCUT2D eigenvalue weighted by molar-refractivity contribution is -0.274. The van der Waals surface area contributed by atoms with E-state index in [4.69, 9.17) is 0 Å². The summed E-state index contributed by atoms with van der Waals surface area (Å²) in [6.07, 6.45) is -5.29. The number of benzene rings is 3. The number of ether oxygens (including phenoxy) is 1. The first-order valence-corrected chi connectivity index (χ1v) is 10.5. The Bertz CT molecular complexity index is 1110. The van der Waals surface area contributed by atoms with Crippen LogP contribution < -0.4 is 10.1 Å². The molecule has 3 aromatic carbocycles. The number of halogens is 3. The largest absolute Gasteiger partial charge is 0.573 e. The van der Waals surface area contributed by atoms with Crippen LogP contribution in [0.25, 0.3) is 0 Å². The van der Waals surface area contributed by atoms with Crippen LogP contribution in [0.1, 0.15) is 29.3 Å². The fourth-order valence-electron chi connectivity index (χ4n) is 4.11. The molecule has 0 aliphatic carbocycles. The molecule has 33 heavy (non-hydrogen) atoms. The summed E-state index contributed by atoms with van der Waals surface area (Å²) < 4.78 is 42.2. The maximum Gasteiger partial charge on any atom is 0.573 e. The molecule has 0 saturated heterocycles. The van der Waals surface area contributed by atoms with Crippen molar-refractivity contribution in [1.29, 1.82) is 0 Å². The number of carbonyl (C=O) groups is 1. The third-order valence-corrected chi connectivity index (χ3v) is 5.59. The number of aliphatic hydroxyl groups excluding tert-OH is 1. The quantitative estimate of drug-likeness (QED) is 0.524. The molecule has 1 aliphatic heterocycles. The molecule has 1 unspecified atom stereocenters. The van der Waals surface area contributed by atoms with Gasteiger partial charge in [0.1, 0.15) is 6.23 Å². The molecule has 1 amide bonds. The Morgan fingerprint density at radius 1 is 1.03 bits per heavy atom. The Labute approximate surface area is 189 Å². The van der Waals surface area contributed by atoms with Crippen LogP contribution in [0, 0.1) is 0 Å². The summed E-state index contributed by atoms with van der Waals surface area (Å²) in [6, 6.07) is 22.1. The molecule has 0 spiro atoms. The fraction of sp³-hybridized carbons (Fsp3) is 0.240. The Balaban J connectivity index is 1.53. The van der Waals surface area contributed by atoms with Crippen molar-refractivity contribution in [3.05, 3.63) is 95.6 Å². The number of alkyl halides is 3. The van der Waals surface area contributed by atoms with Crippen LogP contribution in [-0.2, 0) is 17.8 Å². The molecule has 2 N–H and O–H groups in total. The predicted octanol–water partition coefficient (Wildman–Crippen LogP) is 5.03. The van der Waals surface area contributed by atoms with Crippen molar-refractivity contribution in [1.82, 2.24) is 4.90 Å². The van der Waals surface area contributed by atoms with E-state index in [0.29, 0.717) is 13.0 Å². The summed E-state index contributed by atoms with van der Waals surface area (Å²) in [4.78, 5) is 14.8. The first kappa shape index (κ1) is 22.8. The number of aliphatic hydroxyl groups is 1. The Morgan fingerprint density at radius 3 is 2.42 bits per heavy atom. The molecular weight excluding hydrogens is 433 g/mol. The van der Waals surface area contributed by atoms with Crippen molar-refractivity contribution < 1.29 is 27.8 Å². The Kier molecular flexibility index (Phi) is 6.67. The smallest absolute Gasteiger partial charge is 0.404 e. The first-order chi connectivity index (χ1) is 15.8. The summed E-state index contributed by atoms with van der Waals surface area (Å²) in [7, 11) is 0. The van der Waals surface area contributed by atoms with Crippen LogP contribution in [0.15, 0.2) is 78.9 Å². The molecule has 0 radical (unpaired) electrons. The first-order valence-electron chi connectivity index (χ1n) is 10.5. The average molecular weight is 456 g/mol. The van der Waals surface area contributed by atoms with E-state index in [-0.39, 0.29) is 18.2 Å². The van der Waals surface area contributed by atoms with Crippen molar-refractivity contribution in [3.8, 4) is 5.75 Å². The van der Waals surface area contributed by atoms with E-state index in [2.05, 4.69) is 10.1 Å². The van der Waals surface area contributed by atoms with Gasteiger partial charge in [0.25, 0.3) is 0 Å². The molecule has 8 heteroatoms. The Morgan fingerprint density at radius 2 is 1.70 bits per heavy atom. The van der Waals surface area contributed by atoms with Gasteiger partial charge in [0, 0.05) is 19.0 Å². The number of amides is 1. The van der Waals surface area contributed by atoms with Crippen molar-refractivity contribution in [2.24, 2.45) is 0 Å². The van der Waals surface area contributed by atoms with E-state index in [0.717, 1.165) is 22.8 Å². The maximum atomic E-state index is 12.9. The zero-order chi connectivity index (χ0) is 23.4. The van der Waals surface area contributed by atoms with Crippen molar-refractivity contribution >= 4 is 11.6 Å². The highest BCUT2D eigenvalue weighted by molar-refractivity contribution is 5.92. The van der Waals surface area contributed by atoms with E-state index < -0.39 is 24.2 Å². The molecule has 4 rings (SSSR count). The van der Waals surface area contributed by atoms with Crippen molar-refractivity contribution in [3.63, 3.8) is 0 Å². The van der Waals surface area contributed by atoms with Crippen molar-refractivity contribution in [2.45, 2.75) is 38.0 Å². The van der Waals surface area contributed by atoms with Gasteiger partial charge in [0.15, 0.2) is 5.75 Å². The van der Waals surface area contributed by atoms with Gasteiger partial charge in [-0.1, -0.05) is 66.7 Å². The number of fused-ring (bicyclic) bond motifs is 1. The topological polar surface area (TPSA) is 61.8 Å². The highest BCUT2D eigenvalue weighted by atomic mass is 19.4. The van der Waals surface area contributed by atoms with Gasteiger partial charge in [-0.3, -0.25) is 9.69 Å². The van der Waals surface area contributed by atoms with Crippen LogP contribution in [0.3, 0.4) is 0 Å². The minimum absolute atomic E-state index is 0.0275. The second-order valence-electron chi connectivity index (χ2n) is 7.88. The van der Waals surface area contributed by atoms with Gasteiger partial charge in [-0.05, 0) is 35.2 Å². The van der Waals surface area contributed by atoms with E-state index >= 15 is 0 Å². The number of para-hydroxylation sites is 2. The van der Waals surface area contributed by atoms with Crippen LogP contribution >= 0.6 is 0 Å². The normalized spacial score (nSPS) is 16.8. The van der Waals surface area contributed by atoms with Gasteiger partial charge in [-0.25, -0.2) is 0 Å². The second kappa shape index (κ2) is 9.64. The highest BCUT2D eigenvalue weighted by Gasteiger charge is 2.35. The molecule has 0 bridgehead atoms. The molecule has 2 atom stereocenters. The van der Waals surface area contributed by atoms with Crippen LogP contribution in [0.5, 0.6) is 5.75 Å². The summed E-state index contributed by atoms with van der Waals surface area (Å²) in [5, 5.41) is 13.4. The highest BCUT2D eigenvalue weighted by Crippen LogP contribution is 2.35. The van der Waals surface area contributed by atoms with Crippen LogP contribution in [-0.4, -0.2) is 28.3 Å². The molecular formula is C25H23F3N2O3. The van der Waals surface area contributed by atoms with E-state index in [1.165, 1.54) is 18.2 Å². The number of hydrogen-bond donors (Lipinski definition) is 2. The van der Waals surface area contributed by atoms with E-state index in [9.17, 15) is 23.1 Å². The van der Waals surface area contributed by atoms with Crippen LogP contribution in [0.2, 0.25) is 0 Å². The monoisotopic (exact) mass is 456 g/mol. The number of nitrogens with one attached hydrogen (secondary N) is 1. The van der Waals surface area contributed by atoms with Gasteiger partial charge < -0.3 is 15.2 Å². The predicted molar refractivity (Wildman–Crippen MR) is 117 cm³/mol. The molecule has 0 fully saturated rings. The Hall–Kier alpha value is -3.36. The van der Waals surface area contributed by atoms with Crippen molar-refractivity contribution in [2.75, 3.05) is 5.32 Å². The second-order valence-corrected chi connectivity index (χ2v) is 7.88. The summed E-state index contributed by atoms with van der Waals surface area (Å²) in [5.74, 6) is -0.955. The van der Waals surface area contributed by atoms with Gasteiger partial charge in [0.2, 0.25) is 5.91 Å². The summed E-state index contributed by atoms with van der Waals surface area (Å²) in [5.41, 5.74) is 2.69. The lowest BCUT2D eigenvalue weighted by Gasteiger charge is -2.30. The molecule has 0 saturated carbocycles. The summed E-state index contributed by atoms with van der Waals surface area (Å²) in [6.45, 7) is 0.468. The summed E-state index contributed by atoms with van der Waals surface area (Å²) >= 11 is 0. The number of carbonyl (C=O) groups excluding carboxylic acids is 1. The van der Waals surface area contributed by atoms with E-state index in [1.807, 2.05) is 59.5 Å². The third kappa shape index (κ3) is 5.71. The molecule has 1 heterocycles. The number of rotatable bonds is 7. The van der Waals surface area contributed by atoms with Gasteiger partial charge in [-0.2, -0.15) is 0 Å². The SMILES string of the molecule is O=C(C[C@@H](Cc1ccccc1)N1Cc2ccccc2C1O)Nc1ccccc1OC(F)(F)F. The van der Waals surface area contributed by atoms with Gasteiger partial charge in [0.05, 0.1) is 5.69 Å². The van der Waals surface area contributed by atoms with Gasteiger partial charge in [-0.15, -0.1) is 13.2 Å². The van der Waals surface area contributed by atoms with Crippen LogP contribution in [0.4, 0.5) is 18.9 Å². The number of anilines is 1. The fourth-order valence-corrected chi connectivity index (χ4v) is 4.11. The number of hydrogen-bond acceptors (Lipinski definition) is 4. The minimum atomic E-state index is -4.87. The van der Waals surface area contributed by atoms with Gasteiger partial charge >= 0.3 is 6.36 Å². The zero-order valence-corrected chi connectivity index (χ0v) is 17.6. The zero-order valence-electron chi connectivity index (χ0n) is 17.6.